The molecule has 1 aromatic heterocycles. The molecule has 1 aromatic rings. The number of Topliss-reactive ketones (excluding diaryl/α,β-unsaturated/α-hetero) is 1. The van der Waals surface area contributed by atoms with Crippen LogP contribution < -0.4 is 4.90 Å². The van der Waals surface area contributed by atoms with Crippen molar-refractivity contribution in [2.45, 2.75) is 26.7 Å². The van der Waals surface area contributed by atoms with Gasteiger partial charge in [0.15, 0.2) is 0 Å². The van der Waals surface area contributed by atoms with Crippen LogP contribution in [0.1, 0.15) is 24.6 Å². The molecule has 0 unspecified atom stereocenters. The van der Waals surface area contributed by atoms with Crippen molar-refractivity contribution < 1.29 is 9.59 Å². The van der Waals surface area contributed by atoms with Gasteiger partial charge in [-0.05, 0) is 19.4 Å². The molecule has 1 amide bonds. The van der Waals surface area contributed by atoms with Crippen LogP contribution in [0.5, 0.6) is 0 Å². The highest BCUT2D eigenvalue weighted by Crippen LogP contribution is 2.24. The standard InChI is InChI=1S/C12H14N2O2/c1-3-6-14-11-9(5-4-8(2)13-11)7-10(15)12(14)16/h4-5H,3,6-7H2,1-2H3. The van der Waals surface area contributed by atoms with Gasteiger partial charge in [0.05, 0.1) is 0 Å². The fourth-order valence-electron chi connectivity index (χ4n) is 1.87. The number of aromatic nitrogens is 1. The van der Waals surface area contributed by atoms with E-state index in [-0.39, 0.29) is 12.2 Å². The summed E-state index contributed by atoms with van der Waals surface area (Å²) in [6.45, 7) is 4.40. The molecule has 0 saturated carbocycles. The number of anilines is 1. The Bertz CT molecular complexity index is 454. The molecule has 16 heavy (non-hydrogen) atoms. The number of carbonyl (C=O) groups excluding carboxylic acids is 2. The lowest BCUT2D eigenvalue weighted by Crippen LogP contribution is -2.42. The molecule has 2 rings (SSSR count). The lowest BCUT2D eigenvalue weighted by molar-refractivity contribution is -0.136. The van der Waals surface area contributed by atoms with E-state index >= 15 is 0 Å². The lowest BCUT2D eigenvalue weighted by Gasteiger charge is -2.27. The second-order valence-corrected chi connectivity index (χ2v) is 3.99. The van der Waals surface area contributed by atoms with Crippen molar-refractivity contribution in [2.75, 3.05) is 11.4 Å². The van der Waals surface area contributed by atoms with E-state index in [4.69, 9.17) is 0 Å². The highest BCUT2D eigenvalue weighted by atomic mass is 16.2. The lowest BCUT2D eigenvalue weighted by atomic mass is 10.0. The highest BCUT2D eigenvalue weighted by molar-refractivity contribution is 6.43. The van der Waals surface area contributed by atoms with Gasteiger partial charge in [-0.25, -0.2) is 4.98 Å². The molecule has 0 atom stereocenters. The summed E-state index contributed by atoms with van der Waals surface area (Å²) in [6.07, 6.45) is 0.996. The number of nitrogens with zero attached hydrogens (tertiary/aromatic N) is 2. The van der Waals surface area contributed by atoms with E-state index in [1.54, 1.807) is 0 Å². The van der Waals surface area contributed by atoms with Crippen LogP contribution in [0.3, 0.4) is 0 Å². The summed E-state index contributed by atoms with van der Waals surface area (Å²) in [4.78, 5) is 29.1. The SMILES string of the molecule is CCCN1C(=O)C(=O)Cc2ccc(C)nc21. The molecule has 0 N–H and O–H groups in total. The molecule has 0 aliphatic carbocycles. The van der Waals surface area contributed by atoms with Gasteiger partial charge >= 0.3 is 0 Å². The molecule has 1 aliphatic heterocycles. The summed E-state index contributed by atoms with van der Waals surface area (Å²) in [6, 6.07) is 3.75. The Labute approximate surface area is 94.3 Å². The molecular formula is C12H14N2O2. The van der Waals surface area contributed by atoms with Gasteiger partial charge in [0.25, 0.3) is 5.91 Å². The number of hydrogen-bond acceptors (Lipinski definition) is 3. The van der Waals surface area contributed by atoms with E-state index in [0.717, 1.165) is 17.7 Å². The number of carbonyl (C=O) groups is 2. The molecule has 0 radical (unpaired) electrons. The van der Waals surface area contributed by atoms with Crippen LogP contribution in [-0.2, 0) is 16.0 Å². The van der Waals surface area contributed by atoms with E-state index in [1.807, 2.05) is 26.0 Å². The third-order valence-electron chi connectivity index (χ3n) is 2.63. The number of pyridine rings is 1. The van der Waals surface area contributed by atoms with Gasteiger partial charge in [-0.2, -0.15) is 0 Å². The number of rotatable bonds is 2. The summed E-state index contributed by atoms with van der Waals surface area (Å²) in [7, 11) is 0. The van der Waals surface area contributed by atoms with Crippen molar-refractivity contribution in [1.29, 1.82) is 0 Å². The van der Waals surface area contributed by atoms with Crippen LogP contribution in [0.2, 0.25) is 0 Å². The van der Waals surface area contributed by atoms with Crippen molar-refractivity contribution in [3.05, 3.63) is 23.4 Å². The smallest absolute Gasteiger partial charge is 0.290 e. The molecule has 84 valence electrons. The predicted octanol–water partition coefficient (Wildman–Crippen LogP) is 1.26. The Morgan fingerprint density at radius 1 is 1.38 bits per heavy atom. The summed E-state index contributed by atoms with van der Waals surface area (Å²) in [5, 5.41) is 0. The van der Waals surface area contributed by atoms with E-state index in [1.165, 1.54) is 4.90 Å². The molecule has 0 spiro atoms. The predicted molar refractivity (Wildman–Crippen MR) is 60.3 cm³/mol. The molecule has 0 saturated heterocycles. The third kappa shape index (κ3) is 1.71. The minimum atomic E-state index is -0.424. The Kier molecular flexibility index (Phi) is 2.73. The first-order chi connectivity index (χ1) is 7.63. The van der Waals surface area contributed by atoms with Gasteiger partial charge in [-0.15, -0.1) is 0 Å². The monoisotopic (exact) mass is 218 g/mol. The first-order valence-electron chi connectivity index (χ1n) is 5.44. The average Bonchev–Trinajstić information content (AvgIpc) is 2.26. The third-order valence-corrected chi connectivity index (χ3v) is 2.63. The van der Waals surface area contributed by atoms with Crippen molar-refractivity contribution in [2.24, 2.45) is 0 Å². The zero-order chi connectivity index (χ0) is 11.7. The fourth-order valence-corrected chi connectivity index (χ4v) is 1.87. The van der Waals surface area contributed by atoms with Crippen molar-refractivity contribution in [3.63, 3.8) is 0 Å². The summed E-state index contributed by atoms with van der Waals surface area (Å²) in [5.74, 6) is -0.106. The first-order valence-corrected chi connectivity index (χ1v) is 5.44. The van der Waals surface area contributed by atoms with Crippen molar-refractivity contribution in [1.82, 2.24) is 4.98 Å². The number of aryl methyl sites for hydroxylation is 1. The van der Waals surface area contributed by atoms with Crippen LogP contribution in [0.15, 0.2) is 12.1 Å². The van der Waals surface area contributed by atoms with E-state index in [0.29, 0.717) is 12.4 Å². The second kappa shape index (κ2) is 4.04. The number of fused-ring (bicyclic) bond motifs is 1. The minimum absolute atomic E-state index is 0.182. The zero-order valence-corrected chi connectivity index (χ0v) is 9.49. The molecule has 0 fully saturated rings. The van der Waals surface area contributed by atoms with Crippen LogP contribution >= 0.6 is 0 Å². The summed E-state index contributed by atoms with van der Waals surface area (Å²) in [5.41, 5.74) is 1.71. The zero-order valence-electron chi connectivity index (χ0n) is 9.49. The van der Waals surface area contributed by atoms with Crippen LogP contribution in [0, 0.1) is 6.92 Å². The van der Waals surface area contributed by atoms with Crippen LogP contribution in [0.25, 0.3) is 0 Å². The van der Waals surface area contributed by atoms with Gasteiger partial charge in [0.2, 0.25) is 5.78 Å². The number of amides is 1. The molecule has 1 aliphatic rings. The molecule has 4 nitrogen and oxygen atoms in total. The number of hydrogen-bond donors (Lipinski definition) is 0. The van der Waals surface area contributed by atoms with Gasteiger partial charge in [-0.3, -0.25) is 14.5 Å². The van der Waals surface area contributed by atoms with E-state index in [9.17, 15) is 9.59 Å². The largest absolute Gasteiger partial charge is 0.295 e. The molecule has 0 bridgehead atoms. The maximum absolute atomic E-state index is 11.7. The first kappa shape index (κ1) is 10.8. The quantitative estimate of drug-likeness (QED) is 0.702. The molecular weight excluding hydrogens is 204 g/mol. The normalized spacial score (nSPS) is 15.2. The minimum Gasteiger partial charge on any atom is -0.290 e. The van der Waals surface area contributed by atoms with Gasteiger partial charge < -0.3 is 0 Å². The second-order valence-electron chi connectivity index (χ2n) is 3.99. The van der Waals surface area contributed by atoms with Gasteiger partial charge in [-0.1, -0.05) is 13.0 Å². The summed E-state index contributed by atoms with van der Waals surface area (Å²) >= 11 is 0. The van der Waals surface area contributed by atoms with Crippen LogP contribution in [0.4, 0.5) is 5.82 Å². The van der Waals surface area contributed by atoms with E-state index < -0.39 is 5.91 Å². The van der Waals surface area contributed by atoms with Gasteiger partial charge in [0.1, 0.15) is 5.82 Å². The maximum Gasteiger partial charge on any atom is 0.295 e. The fraction of sp³-hybridized carbons (Fsp3) is 0.417. The Hall–Kier alpha value is -1.71. The Morgan fingerprint density at radius 2 is 2.12 bits per heavy atom. The average molecular weight is 218 g/mol. The van der Waals surface area contributed by atoms with Crippen molar-refractivity contribution >= 4 is 17.5 Å². The Balaban J connectivity index is 2.49. The molecule has 0 aromatic carbocycles. The van der Waals surface area contributed by atoms with Gasteiger partial charge in [0, 0.05) is 24.2 Å². The maximum atomic E-state index is 11.7. The van der Waals surface area contributed by atoms with E-state index in [2.05, 4.69) is 4.98 Å². The number of ketones is 1. The highest BCUT2D eigenvalue weighted by Gasteiger charge is 2.31. The molecule has 2 heterocycles. The summed E-state index contributed by atoms with van der Waals surface area (Å²) < 4.78 is 0. The molecule has 4 heteroatoms. The van der Waals surface area contributed by atoms with Crippen molar-refractivity contribution in [3.8, 4) is 0 Å². The van der Waals surface area contributed by atoms with Crippen LogP contribution in [-0.4, -0.2) is 23.2 Å². The Morgan fingerprint density at radius 3 is 2.81 bits per heavy atom. The topological polar surface area (TPSA) is 50.3 Å².